The maximum absolute atomic E-state index is 8.22. The van der Waals surface area contributed by atoms with Gasteiger partial charge in [0.2, 0.25) is 0 Å². The molecule has 0 aromatic heterocycles. The molecule has 0 aliphatic carbocycles. The van der Waals surface area contributed by atoms with Crippen molar-refractivity contribution in [3.63, 3.8) is 0 Å². The highest BCUT2D eigenvalue weighted by Crippen LogP contribution is 2.09. The molecule has 0 amide bonds. The van der Waals surface area contributed by atoms with Crippen LogP contribution in [0.5, 0.6) is 0 Å². The van der Waals surface area contributed by atoms with Gasteiger partial charge in [0.1, 0.15) is 0 Å². The Hall–Kier alpha value is -1.44. The molecule has 0 atom stereocenters. The lowest BCUT2D eigenvalue weighted by molar-refractivity contribution is 1.39. The number of hydrogen-bond donors (Lipinski definition) is 0. The third-order valence-electron chi connectivity index (χ3n) is 1.22. The van der Waals surface area contributed by atoms with Gasteiger partial charge in [-0.2, -0.15) is 5.26 Å². The number of hydrogen-bond acceptors (Lipinski definition) is 1. The van der Waals surface area contributed by atoms with E-state index in [-0.39, 0.29) is 6.42 Å². The second-order valence-corrected chi connectivity index (χ2v) is 2.58. The first-order valence-corrected chi connectivity index (χ1v) is 3.82. The highest BCUT2D eigenvalue weighted by molar-refractivity contribution is 6.30. The minimum atomic E-state index is 0.256. The molecule has 58 valence electrons. The zero-order valence-corrected chi connectivity index (χ0v) is 7.10. The number of halogens is 1. The molecule has 1 aromatic rings. The van der Waals surface area contributed by atoms with Crippen LogP contribution in [-0.4, -0.2) is 0 Å². The second-order valence-electron chi connectivity index (χ2n) is 2.15. The molecular formula is C10H6ClN. The zero-order valence-electron chi connectivity index (χ0n) is 6.34. The molecule has 0 saturated heterocycles. The van der Waals surface area contributed by atoms with Crippen LogP contribution < -0.4 is 0 Å². The van der Waals surface area contributed by atoms with Crippen LogP contribution in [0.1, 0.15) is 12.0 Å². The van der Waals surface area contributed by atoms with E-state index in [0.717, 1.165) is 5.56 Å². The Bertz CT molecular complexity index is 365. The summed E-state index contributed by atoms with van der Waals surface area (Å²) in [6.07, 6.45) is 0.256. The van der Waals surface area contributed by atoms with Crippen molar-refractivity contribution in [3.05, 3.63) is 34.9 Å². The molecule has 0 heterocycles. The average Bonchev–Trinajstić information content (AvgIpc) is 2.05. The molecule has 0 spiro atoms. The van der Waals surface area contributed by atoms with Crippen molar-refractivity contribution in [1.82, 2.24) is 0 Å². The SMILES string of the molecule is N#CCC#Cc1cccc(Cl)c1. The minimum Gasteiger partial charge on any atom is -0.197 e. The van der Waals surface area contributed by atoms with Gasteiger partial charge in [0, 0.05) is 10.6 Å². The van der Waals surface area contributed by atoms with Crippen molar-refractivity contribution in [1.29, 1.82) is 5.26 Å². The fourth-order valence-electron chi connectivity index (χ4n) is 0.752. The highest BCUT2D eigenvalue weighted by atomic mass is 35.5. The van der Waals surface area contributed by atoms with Crippen molar-refractivity contribution in [3.8, 4) is 17.9 Å². The number of nitriles is 1. The fraction of sp³-hybridized carbons (Fsp3) is 0.100. The number of benzene rings is 1. The monoisotopic (exact) mass is 175 g/mol. The molecule has 1 rings (SSSR count). The van der Waals surface area contributed by atoms with Crippen LogP contribution >= 0.6 is 11.6 Å². The fourth-order valence-corrected chi connectivity index (χ4v) is 0.942. The van der Waals surface area contributed by atoms with Gasteiger partial charge in [-0.3, -0.25) is 0 Å². The maximum atomic E-state index is 8.22. The summed E-state index contributed by atoms with van der Waals surface area (Å²) in [4.78, 5) is 0. The van der Waals surface area contributed by atoms with Gasteiger partial charge in [0.05, 0.1) is 12.5 Å². The largest absolute Gasteiger partial charge is 0.197 e. The summed E-state index contributed by atoms with van der Waals surface area (Å²) in [5.41, 5.74) is 0.845. The first-order valence-electron chi connectivity index (χ1n) is 3.44. The van der Waals surface area contributed by atoms with Gasteiger partial charge in [0.25, 0.3) is 0 Å². The predicted molar refractivity (Wildman–Crippen MR) is 48.6 cm³/mol. The van der Waals surface area contributed by atoms with Gasteiger partial charge >= 0.3 is 0 Å². The average molecular weight is 176 g/mol. The van der Waals surface area contributed by atoms with Crippen LogP contribution in [0.3, 0.4) is 0 Å². The number of rotatable bonds is 0. The molecule has 1 nitrogen and oxygen atoms in total. The van der Waals surface area contributed by atoms with E-state index in [0.29, 0.717) is 5.02 Å². The summed E-state index contributed by atoms with van der Waals surface area (Å²) >= 11 is 5.72. The van der Waals surface area contributed by atoms with Gasteiger partial charge in [-0.15, -0.1) is 0 Å². The van der Waals surface area contributed by atoms with Crippen LogP contribution in [0.25, 0.3) is 0 Å². The summed E-state index contributed by atoms with van der Waals surface area (Å²) < 4.78 is 0. The van der Waals surface area contributed by atoms with Crippen molar-refractivity contribution >= 4 is 11.6 Å². The second kappa shape index (κ2) is 4.44. The first-order chi connectivity index (χ1) is 5.83. The van der Waals surface area contributed by atoms with E-state index in [2.05, 4.69) is 11.8 Å². The van der Waals surface area contributed by atoms with Gasteiger partial charge in [-0.1, -0.05) is 29.5 Å². The summed E-state index contributed by atoms with van der Waals surface area (Å²) in [6, 6.07) is 9.19. The van der Waals surface area contributed by atoms with Gasteiger partial charge in [0.15, 0.2) is 0 Å². The third kappa shape index (κ3) is 2.66. The smallest absolute Gasteiger partial charge is 0.0966 e. The van der Waals surface area contributed by atoms with Crippen LogP contribution in [0, 0.1) is 23.2 Å². The Labute approximate surface area is 76.6 Å². The Kier molecular flexibility index (Phi) is 3.20. The van der Waals surface area contributed by atoms with E-state index >= 15 is 0 Å². The molecule has 12 heavy (non-hydrogen) atoms. The van der Waals surface area contributed by atoms with Gasteiger partial charge in [-0.05, 0) is 18.2 Å². The molecule has 0 radical (unpaired) electrons. The molecule has 1 aromatic carbocycles. The maximum Gasteiger partial charge on any atom is 0.0966 e. The predicted octanol–water partition coefficient (Wildman–Crippen LogP) is 2.61. The summed E-state index contributed by atoms with van der Waals surface area (Å²) in [7, 11) is 0. The molecule has 0 fully saturated rings. The van der Waals surface area contributed by atoms with Crippen LogP contribution in [0.15, 0.2) is 24.3 Å². The van der Waals surface area contributed by atoms with Crippen LogP contribution in [0.4, 0.5) is 0 Å². The van der Waals surface area contributed by atoms with Crippen molar-refractivity contribution in [2.75, 3.05) is 0 Å². The number of nitrogens with zero attached hydrogens (tertiary/aromatic N) is 1. The molecule has 2 heteroatoms. The Morgan fingerprint density at radius 1 is 1.42 bits per heavy atom. The van der Waals surface area contributed by atoms with E-state index in [1.54, 1.807) is 12.1 Å². The standard InChI is InChI=1S/C10H6ClN/c11-10-6-3-5-9(8-10)4-1-2-7-12/h3,5-6,8H,2H2. The lowest BCUT2D eigenvalue weighted by Gasteiger charge is -1.89. The van der Waals surface area contributed by atoms with E-state index in [1.165, 1.54) is 0 Å². The molecule has 0 saturated carbocycles. The molecule has 0 bridgehead atoms. The lowest BCUT2D eigenvalue weighted by atomic mass is 10.2. The quantitative estimate of drug-likeness (QED) is 0.556. The lowest BCUT2D eigenvalue weighted by Crippen LogP contribution is -1.72. The molecule has 0 aliphatic rings. The van der Waals surface area contributed by atoms with Crippen LogP contribution in [0.2, 0.25) is 5.02 Å². The Morgan fingerprint density at radius 3 is 2.92 bits per heavy atom. The van der Waals surface area contributed by atoms with Crippen molar-refractivity contribution < 1.29 is 0 Å². The molecule has 0 N–H and O–H groups in total. The highest BCUT2D eigenvalue weighted by Gasteiger charge is 1.87. The summed E-state index contributed by atoms with van der Waals surface area (Å²) in [5.74, 6) is 5.54. The molecular weight excluding hydrogens is 170 g/mol. The molecule has 0 unspecified atom stereocenters. The van der Waals surface area contributed by atoms with Gasteiger partial charge < -0.3 is 0 Å². The Morgan fingerprint density at radius 2 is 2.25 bits per heavy atom. The van der Waals surface area contributed by atoms with E-state index < -0.39 is 0 Å². The van der Waals surface area contributed by atoms with Crippen molar-refractivity contribution in [2.45, 2.75) is 6.42 Å². The Balaban J connectivity index is 2.79. The first kappa shape index (κ1) is 8.65. The zero-order chi connectivity index (χ0) is 8.81. The normalized spacial score (nSPS) is 8.00. The van der Waals surface area contributed by atoms with Gasteiger partial charge in [-0.25, -0.2) is 0 Å². The summed E-state index contributed by atoms with van der Waals surface area (Å²) in [5, 5.41) is 8.89. The van der Waals surface area contributed by atoms with Crippen molar-refractivity contribution in [2.24, 2.45) is 0 Å². The van der Waals surface area contributed by atoms with E-state index in [4.69, 9.17) is 16.9 Å². The summed E-state index contributed by atoms with van der Waals surface area (Å²) in [6.45, 7) is 0. The van der Waals surface area contributed by atoms with Crippen LogP contribution in [-0.2, 0) is 0 Å². The minimum absolute atomic E-state index is 0.256. The van der Waals surface area contributed by atoms with E-state index in [9.17, 15) is 0 Å². The topological polar surface area (TPSA) is 23.8 Å². The van der Waals surface area contributed by atoms with E-state index in [1.807, 2.05) is 18.2 Å². The molecule has 0 aliphatic heterocycles. The third-order valence-corrected chi connectivity index (χ3v) is 1.46.